The van der Waals surface area contributed by atoms with Gasteiger partial charge in [0.25, 0.3) is 0 Å². The highest BCUT2D eigenvalue weighted by Crippen LogP contribution is 2.22. The molecule has 0 spiro atoms. The van der Waals surface area contributed by atoms with Gasteiger partial charge in [0.1, 0.15) is 12.2 Å². The summed E-state index contributed by atoms with van der Waals surface area (Å²) in [6, 6.07) is 1.96. The summed E-state index contributed by atoms with van der Waals surface area (Å²) in [4.78, 5) is 15.8. The topological polar surface area (TPSA) is 63.6 Å². The molecular formula is C13H16N4O. The lowest BCUT2D eigenvalue weighted by Crippen LogP contribution is -2.13. The number of nitrogens with one attached hydrogen (secondary N) is 1. The number of ketones is 1. The van der Waals surface area contributed by atoms with Gasteiger partial charge in [-0.2, -0.15) is 5.10 Å². The van der Waals surface area contributed by atoms with E-state index in [1.807, 2.05) is 12.3 Å². The van der Waals surface area contributed by atoms with E-state index < -0.39 is 0 Å². The molecule has 0 unspecified atom stereocenters. The summed E-state index contributed by atoms with van der Waals surface area (Å²) < 4.78 is 2.21. The Morgan fingerprint density at radius 2 is 2.33 bits per heavy atom. The molecule has 94 valence electrons. The van der Waals surface area contributed by atoms with Crippen LogP contribution in [0.5, 0.6) is 0 Å². The van der Waals surface area contributed by atoms with E-state index in [1.54, 1.807) is 0 Å². The van der Waals surface area contributed by atoms with Crippen LogP contribution in [0, 0.1) is 0 Å². The number of hydrogen-bond donors (Lipinski definition) is 1. The lowest BCUT2D eigenvalue weighted by atomic mass is 9.97. The van der Waals surface area contributed by atoms with E-state index in [0.29, 0.717) is 12.2 Å². The number of hydrogen-bond acceptors (Lipinski definition) is 3. The molecule has 3 rings (SSSR count). The Morgan fingerprint density at radius 1 is 1.39 bits per heavy atom. The molecule has 1 aliphatic rings. The summed E-state index contributed by atoms with van der Waals surface area (Å²) in [6.45, 7) is 0.934. The van der Waals surface area contributed by atoms with Crippen molar-refractivity contribution in [3.8, 4) is 0 Å². The number of nitrogens with zero attached hydrogens (tertiary/aromatic N) is 3. The first-order valence-corrected chi connectivity index (χ1v) is 6.40. The van der Waals surface area contributed by atoms with Crippen molar-refractivity contribution < 1.29 is 4.79 Å². The third kappa shape index (κ3) is 2.08. The predicted octanol–water partition coefficient (Wildman–Crippen LogP) is 1.76. The SMILES string of the molecule is O=C1CCCc2c1ccn2CCCc1ncn[nH]1. The van der Waals surface area contributed by atoms with E-state index in [0.717, 1.165) is 43.6 Å². The zero-order valence-corrected chi connectivity index (χ0v) is 10.2. The van der Waals surface area contributed by atoms with Crippen LogP contribution in [0.1, 0.15) is 41.1 Å². The number of carbonyl (C=O) groups excluding carboxylic acids is 1. The van der Waals surface area contributed by atoms with Crippen molar-refractivity contribution in [2.45, 2.75) is 38.6 Å². The average molecular weight is 244 g/mol. The van der Waals surface area contributed by atoms with Crippen molar-refractivity contribution in [2.24, 2.45) is 0 Å². The summed E-state index contributed by atoms with van der Waals surface area (Å²) in [5.41, 5.74) is 2.14. The quantitative estimate of drug-likeness (QED) is 0.891. The van der Waals surface area contributed by atoms with Gasteiger partial charge in [0.05, 0.1) is 0 Å². The molecule has 1 N–H and O–H groups in total. The summed E-state index contributed by atoms with van der Waals surface area (Å²) >= 11 is 0. The first-order chi connectivity index (χ1) is 8.84. The van der Waals surface area contributed by atoms with E-state index in [1.165, 1.54) is 12.0 Å². The predicted molar refractivity (Wildman–Crippen MR) is 66.4 cm³/mol. The smallest absolute Gasteiger partial charge is 0.164 e. The van der Waals surface area contributed by atoms with Crippen LogP contribution < -0.4 is 0 Å². The second-order valence-corrected chi connectivity index (χ2v) is 4.68. The number of fused-ring (bicyclic) bond motifs is 1. The third-order valence-corrected chi connectivity index (χ3v) is 3.47. The van der Waals surface area contributed by atoms with Crippen molar-refractivity contribution in [3.63, 3.8) is 0 Å². The largest absolute Gasteiger partial charge is 0.351 e. The van der Waals surface area contributed by atoms with Crippen LogP contribution in [0.15, 0.2) is 18.6 Å². The monoisotopic (exact) mass is 244 g/mol. The van der Waals surface area contributed by atoms with Gasteiger partial charge < -0.3 is 4.57 Å². The van der Waals surface area contributed by atoms with Gasteiger partial charge in [-0.3, -0.25) is 9.89 Å². The minimum Gasteiger partial charge on any atom is -0.351 e. The van der Waals surface area contributed by atoms with E-state index >= 15 is 0 Å². The van der Waals surface area contributed by atoms with Gasteiger partial charge in [0, 0.05) is 36.8 Å². The van der Waals surface area contributed by atoms with E-state index in [2.05, 4.69) is 19.7 Å². The second kappa shape index (κ2) is 4.76. The highest BCUT2D eigenvalue weighted by molar-refractivity contribution is 5.98. The number of aromatic nitrogens is 4. The van der Waals surface area contributed by atoms with Gasteiger partial charge in [-0.25, -0.2) is 4.98 Å². The van der Waals surface area contributed by atoms with E-state index in [4.69, 9.17) is 0 Å². The van der Waals surface area contributed by atoms with Crippen molar-refractivity contribution in [3.05, 3.63) is 35.7 Å². The summed E-state index contributed by atoms with van der Waals surface area (Å²) in [5, 5.41) is 6.69. The fraction of sp³-hybridized carbons (Fsp3) is 0.462. The number of Topliss-reactive ketones (excluding diaryl/α,β-unsaturated/α-hetero) is 1. The molecule has 0 radical (unpaired) electrons. The molecule has 0 saturated carbocycles. The van der Waals surface area contributed by atoms with Crippen LogP contribution in [0.25, 0.3) is 0 Å². The Kier molecular flexibility index (Phi) is 2.96. The number of rotatable bonds is 4. The second-order valence-electron chi connectivity index (χ2n) is 4.68. The molecule has 1 aliphatic carbocycles. The Balaban J connectivity index is 1.65. The summed E-state index contributed by atoms with van der Waals surface area (Å²) in [6.07, 6.45) is 8.18. The molecule has 0 fully saturated rings. The maximum absolute atomic E-state index is 11.7. The maximum Gasteiger partial charge on any atom is 0.164 e. The molecule has 5 nitrogen and oxygen atoms in total. The molecule has 2 aromatic rings. The van der Waals surface area contributed by atoms with Crippen molar-refractivity contribution >= 4 is 5.78 Å². The molecule has 0 aromatic carbocycles. The molecule has 0 aliphatic heterocycles. The van der Waals surface area contributed by atoms with E-state index in [-0.39, 0.29) is 0 Å². The zero-order valence-electron chi connectivity index (χ0n) is 10.2. The first-order valence-electron chi connectivity index (χ1n) is 6.40. The minimum absolute atomic E-state index is 0.297. The van der Waals surface area contributed by atoms with Gasteiger partial charge in [0.2, 0.25) is 0 Å². The van der Waals surface area contributed by atoms with E-state index in [9.17, 15) is 4.79 Å². The zero-order chi connectivity index (χ0) is 12.4. The van der Waals surface area contributed by atoms with Gasteiger partial charge in [0.15, 0.2) is 5.78 Å². The van der Waals surface area contributed by atoms with Crippen LogP contribution in [0.2, 0.25) is 0 Å². The Hall–Kier alpha value is -1.91. The van der Waals surface area contributed by atoms with Gasteiger partial charge in [-0.15, -0.1) is 0 Å². The molecule has 0 bridgehead atoms. The number of aryl methyl sites for hydroxylation is 2. The maximum atomic E-state index is 11.7. The molecule has 2 aromatic heterocycles. The van der Waals surface area contributed by atoms with Gasteiger partial charge >= 0.3 is 0 Å². The molecule has 0 amide bonds. The van der Waals surface area contributed by atoms with Gasteiger partial charge in [-0.1, -0.05) is 0 Å². The Labute approximate surface area is 105 Å². The van der Waals surface area contributed by atoms with Crippen LogP contribution in [-0.2, 0) is 19.4 Å². The summed E-state index contributed by atoms with van der Waals surface area (Å²) in [7, 11) is 0. The van der Waals surface area contributed by atoms with Crippen LogP contribution in [-0.4, -0.2) is 25.5 Å². The molecule has 0 atom stereocenters. The van der Waals surface area contributed by atoms with Crippen molar-refractivity contribution in [1.29, 1.82) is 0 Å². The average Bonchev–Trinajstić information content (AvgIpc) is 3.00. The first kappa shape index (κ1) is 11.2. The molecule has 2 heterocycles. The molecule has 5 heteroatoms. The molecule has 18 heavy (non-hydrogen) atoms. The fourth-order valence-electron chi connectivity index (χ4n) is 2.57. The van der Waals surface area contributed by atoms with Crippen LogP contribution in [0.4, 0.5) is 0 Å². The lowest BCUT2D eigenvalue weighted by Gasteiger charge is -2.14. The van der Waals surface area contributed by atoms with Crippen molar-refractivity contribution in [1.82, 2.24) is 19.7 Å². The highest BCUT2D eigenvalue weighted by atomic mass is 16.1. The Morgan fingerprint density at radius 3 is 3.17 bits per heavy atom. The normalized spacial score (nSPS) is 14.8. The lowest BCUT2D eigenvalue weighted by molar-refractivity contribution is 0.0971. The molecular weight excluding hydrogens is 228 g/mol. The number of carbonyl (C=O) groups is 1. The highest BCUT2D eigenvalue weighted by Gasteiger charge is 2.20. The number of aromatic amines is 1. The standard InChI is InChI=1S/C13H16N4O/c18-12-4-1-3-11-10(12)6-8-17(11)7-2-5-13-14-9-15-16-13/h6,8-9H,1-5,7H2,(H,14,15,16). The summed E-state index contributed by atoms with van der Waals surface area (Å²) in [5.74, 6) is 1.22. The van der Waals surface area contributed by atoms with Crippen molar-refractivity contribution in [2.75, 3.05) is 0 Å². The Bertz CT molecular complexity index is 541. The van der Waals surface area contributed by atoms with Crippen LogP contribution >= 0.6 is 0 Å². The fourth-order valence-corrected chi connectivity index (χ4v) is 2.57. The minimum atomic E-state index is 0.297. The molecule has 0 saturated heterocycles. The van der Waals surface area contributed by atoms with Crippen LogP contribution in [0.3, 0.4) is 0 Å². The van der Waals surface area contributed by atoms with Gasteiger partial charge in [-0.05, 0) is 25.3 Å². The number of H-pyrrole nitrogens is 1. The third-order valence-electron chi connectivity index (χ3n) is 3.47.